The minimum atomic E-state index is -0.0181. The van der Waals surface area contributed by atoms with Crippen LogP contribution < -0.4 is 14.5 Å². The third kappa shape index (κ3) is 8.87. The van der Waals surface area contributed by atoms with E-state index in [4.69, 9.17) is 9.72 Å². The molecule has 1 aliphatic rings. The van der Waals surface area contributed by atoms with E-state index in [1.165, 1.54) is 61.3 Å². The van der Waals surface area contributed by atoms with Crippen molar-refractivity contribution in [3.8, 4) is 39.6 Å². The van der Waals surface area contributed by atoms with E-state index in [2.05, 4.69) is 262 Å². The van der Waals surface area contributed by atoms with Crippen LogP contribution in [0.5, 0.6) is 11.5 Å². The van der Waals surface area contributed by atoms with Gasteiger partial charge in [0.25, 0.3) is 0 Å². The molecule has 7 aromatic carbocycles. The molecule has 5 nitrogen and oxygen atoms in total. The van der Waals surface area contributed by atoms with E-state index in [-0.39, 0.29) is 21.7 Å². The van der Waals surface area contributed by atoms with E-state index >= 15 is 0 Å². The summed E-state index contributed by atoms with van der Waals surface area (Å²) < 4.78 is 9.14. The Balaban J connectivity index is 1.03. The Labute approximate surface area is 416 Å². The molecule has 0 saturated heterocycles. The number of benzene rings is 7. The molecule has 0 bridgehead atoms. The highest BCUT2D eigenvalue weighted by atomic mass is 16.5. The molecular formula is C65H68N4O. The van der Waals surface area contributed by atoms with Gasteiger partial charge in [-0.05, 0) is 134 Å². The van der Waals surface area contributed by atoms with Crippen molar-refractivity contribution < 1.29 is 4.74 Å². The van der Waals surface area contributed by atoms with Crippen LogP contribution >= 0.6 is 0 Å². The Hall–Kier alpha value is -7.11. The molecule has 0 unspecified atom stereocenters. The molecule has 70 heavy (non-hydrogen) atoms. The molecule has 354 valence electrons. The molecule has 5 heteroatoms. The summed E-state index contributed by atoms with van der Waals surface area (Å²) in [5.41, 5.74) is 18.1. The average Bonchev–Trinajstić information content (AvgIpc) is 3.86. The molecule has 0 N–H and O–H groups in total. The number of pyridine rings is 1. The van der Waals surface area contributed by atoms with Crippen molar-refractivity contribution in [1.82, 2.24) is 9.55 Å². The number of fused-ring (bicyclic) bond motifs is 4. The molecule has 3 heterocycles. The number of nitrogens with zero attached hydrogens (tertiary/aromatic N) is 4. The van der Waals surface area contributed by atoms with Crippen molar-refractivity contribution in [2.45, 2.75) is 112 Å². The van der Waals surface area contributed by atoms with Crippen LogP contribution in [0.1, 0.15) is 111 Å². The SMILES string of the molecule is Cc1cc(-n2c3ccccc3c3ccc(Oc4cccc(N5CN(c6cc(C(C)(C)C)cc(C(C)(C)C)c6)c6cc(-c7cccc(C(C)(C)C)c7)ccc65)c4)cc32)ncc1-c1cccc(C(C)(C)C)c1. The predicted octanol–water partition coefficient (Wildman–Crippen LogP) is 18.1. The third-order valence-electron chi connectivity index (χ3n) is 14.2. The van der Waals surface area contributed by atoms with E-state index in [1.807, 2.05) is 6.20 Å². The van der Waals surface area contributed by atoms with E-state index in [1.54, 1.807) is 0 Å². The van der Waals surface area contributed by atoms with Gasteiger partial charge in [-0.3, -0.25) is 4.57 Å². The van der Waals surface area contributed by atoms with Crippen LogP contribution in [0.15, 0.2) is 164 Å². The van der Waals surface area contributed by atoms with Crippen LogP contribution in [0.2, 0.25) is 0 Å². The second-order valence-corrected chi connectivity index (χ2v) is 23.6. The van der Waals surface area contributed by atoms with Crippen molar-refractivity contribution in [3.05, 3.63) is 192 Å². The summed E-state index contributed by atoms with van der Waals surface area (Å²) in [7, 11) is 0. The first-order valence-corrected chi connectivity index (χ1v) is 25.0. The van der Waals surface area contributed by atoms with E-state index < -0.39 is 0 Å². The highest BCUT2D eigenvalue weighted by Gasteiger charge is 2.31. The van der Waals surface area contributed by atoms with Gasteiger partial charge in [0.15, 0.2) is 0 Å². The first-order valence-electron chi connectivity index (χ1n) is 25.0. The third-order valence-corrected chi connectivity index (χ3v) is 14.2. The van der Waals surface area contributed by atoms with Crippen LogP contribution in [0.25, 0.3) is 49.9 Å². The molecule has 0 spiro atoms. The molecule has 0 saturated carbocycles. The first kappa shape index (κ1) is 46.6. The quantitative estimate of drug-likeness (QED) is 0.159. The minimum absolute atomic E-state index is 0.0181. The van der Waals surface area contributed by atoms with E-state index in [0.717, 1.165) is 50.7 Å². The van der Waals surface area contributed by atoms with Crippen LogP contribution in [0.3, 0.4) is 0 Å². The lowest BCUT2D eigenvalue weighted by atomic mass is 9.80. The lowest BCUT2D eigenvalue weighted by Crippen LogP contribution is -2.25. The second-order valence-electron chi connectivity index (χ2n) is 23.6. The summed E-state index contributed by atoms with van der Waals surface area (Å²) in [6, 6.07) is 57.9. The minimum Gasteiger partial charge on any atom is -0.457 e. The van der Waals surface area contributed by atoms with Gasteiger partial charge in [0, 0.05) is 46.0 Å². The summed E-state index contributed by atoms with van der Waals surface area (Å²) in [6.07, 6.45) is 2.03. The fourth-order valence-electron chi connectivity index (χ4n) is 9.91. The van der Waals surface area contributed by atoms with E-state index in [9.17, 15) is 0 Å². The molecule has 0 aliphatic carbocycles. The molecule has 1 aliphatic heterocycles. The number of rotatable bonds is 7. The van der Waals surface area contributed by atoms with E-state index in [0.29, 0.717) is 6.67 Å². The van der Waals surface area contributed by atoms with Crippen LogP contribution in [-0.4, -0.2) is 16.2 Å². The number of hydrogen-bond donors (Lipinski definition) is 0. The van der Waals surface area contributed by atoms with Gasteiger partial charge in [-0.15, -0.1) is 0 Å². The summed E-state index contributed by atoms with van der Waals surface area (Å²) >= 11 is 0. The maximum atomic E-state index is 6.86. The first-order chi connectivity index (χ1) is 33.1. The molecular weight excluding hydrogens is 853 g/mol. The van der Waals surface area contributed by atoms with Gasteiger partial charge < -0.3 is 14.5 Å². The van der Waals surface area contributed by atoms with Crippen LogP contribution in [0.4, 0.5) is 22.7 Å². The molecule has 9 aromatic rings. The second kappa shape index (κ2) is 17.1. The smallest absolute Gasteiger partial charge is 0.137 e. The standard InChI is InChI=1S/C65H68N4O/c1-42-31-61(66-40-56(42)45-20-17-22-47(33-45)63(5,6)7)69-57-26-15-14-25-54(57)55-29-28-53(39-59(55)69)70-52-24-18-23-50(38-52)67-41-68(51-36-48(64(8,9)10)35-49(37-51)65(11,12)13)60-34-44(27-30-58(60)67)43-19-16-21-46(32-43)62(2,3)4/h14-40H,41H2,1-13H3. The van der Waals surface area contributed by atoms with Gasteiger partial charge in [-0.1, -0.05) is 168 Å². The van der Waals surface area contributed by atoms with Crippen LogP contribution in [0, 0.1) is 6.92 Å². The van der Waals surface area contributed by atoms with Crippen molar-refractivity contribution in [1.29, 1.82) is 0 Å². The Morgan fingerprint density at radius 3 is 1.69 bits per heavy atom. The summed E-state index contributed by atoms with van der Waals surface area (Å²) in [4.78, 5) is 10.1. The Morgan fingerprint density at radius 2 is 1.01 bits per heavy atom. The maximum absolute atomic E-state index is 6.86. The van der Waals surface area contributed by atoms with Gasteiger partial charge >= 0.3 is 0 Å². The van der Waals surface area contributed by atoms with Crippen LogP contribution in [-0.2, 0) is 21.7 Å². The Kier molecular flexibility index (Phi) is 11.4. The monoisotopic (exact) mass is 921 g/mol. The van der Waals surface area contributed by atoms with Gasteiger partial charge in [0.05, 0.1) is 22.4 Å². The zero-order valence-corrected chi connectivity index (χ0v) is 43.5. The number of aromatic nitrogens is 2. The zero-order chi connectivity index (χ0) is 49.5. The van der Waals surface area contributed by atoms with Gasteiger partial charge in [-0.2, -0.15) is 0 Å². The number of hydrogen-bond acceptors (Lipinski definition) is 4. The Bertz CT molecular complexity index is 3420. The Morgan fingerprint density at radius 1 is 0.429 bits per heavy atom. The summed E-state index contributed by atoms with van der Waals surface area (Å²) in [5, 5.41) is 2.33. The predicted molar refractivity (Wildman–Crippen MR) is 298 cm³/mol. The van der Waals surface area contributed by atoms with Gasteiger partial charge in [0.1, 0.15) is 24.0 Å². The lowest BCUT2D eigenvalue weighted by Gasteiger charge is -2.29. The number of aryl methyl sites for hydroxylation is 1. The molecule has 0 fully saturated rings. The van der Waals surface area contributed by atoms with Crippen molar-refractivity contribution in [2.75, 3.05) is 16.5 Å². The van der Waals surface area contributed by atoms with Crippen molar-refractivity contribution in [2.24, 2.45) is 0 Å². The topological polar surface area (TPSA) is 33.5 Å². The van der Waals surface area contributed by atoms with Crippen molar-refractivity contribution in [3.63, 3.8) is 0 Å². The normalized spacial score (nSPS) is 13.4. The number of anilines is 4. The fourth-order valence-corrected chi connectivity index (χ4v) is 9.91. The highest BCUT2D eigenvalue weighted by Crippen LogP contribution is 2.48. The fraction of sp³-hybridized carbons (Fsp3) is 0.277. The molecule has 0 amide bonds. The molecule has 2 aromatic heterocycles. The maximum Gasteiger partial charge on any atom is 0.137 e. The van der Waals surface area contributed by atoms with Gasteiger partial charge in [0.2, 0.25) is 0 Å². The zero-order valence-electron chi connectivity index (χ0n) is 43.5. The largest absolute Gasteiger partial charge is 0.457 e. The lowest BCUT2D eigenvalue weighted by molar-refractivity contribution is 0.483. The highest BCUT2D eigenvalue weighted by molar-refractivity contribution is 6.09. The molecule has 10 rings (SSSR count). The summed E-state index contributed by atoms with van der Waals surface area (Å²) in [6.45, 7) is 30.4. The summed E-state index contributed by atoms with van der Waals surface area (Å²) in [5.74, 6) is 2.42. The number of para-hydroxylation sites is 1. The number of ether oxygens (including phenoxy) is 1. The van der Waals surface area contributed by atoms with Crippen molar-refractivity contribution >= 4 is 44.6 Å². The molecule has 0 atom stereocenters. The van der Waals surface area contributed by atoms with Gasteiger partial charge in [-0.25, -0.2) is 4.98 Å². The average molecular weight is 921 g/mol. The molecule has 0 radical (unpaired) electrons.